The van der Waals surface area contributed by atoms with Crippen LogP contribution in [0.2, 0.25) is 0 Å². The monoisotopic (exact) mass is 439 g/mol. The number of ether oxygens (including phenoxy) is 2. The second-order valence-corrected chi connectivity index (χ2v) is 7.34. The van der Waals surface area contributed by atoms with Crippen molar-refractivity contribution in [3.63, 3.8) is 0 Å². The Kier molecular flexibility index (Phi) is 7.54. The quantitative estimate of drug-likeness (QED) is 0.687. The molecule has 2 N–H and O–H groups in total. The van der Waals surface area contributed by atoms with Gasteiger partial charge in [-0.2, -0.15) is 0 Å². The average molecular weight is 439 g/mol. The third-order valence-corrected chi connectivity index (χ3v) is 5.04. The number of nitrogens with zero attached hydrogens (tertiary/aromatic N) is 1. The Morgan fingerprint density at radius 2 is 1.22 bits per heavy atom. The van der Waals surface area contributed by atoms with Crippen LogP contribution in [0.5, 0.6) is 0 Å². The van der Waals surface area contributed by atoms with Gasteiger partial charge in [-0.15, -0.1) is 0 Å². The summed E-state index contributed by atoms with van der Waals surface area (Å²) < 4.78 is 10.6. The topological polar surface area (TPSA) is 124 Å². The zero-order valence-electron chi connectivity index (χ0n) is 17.9. The lowest BCUT2D eigenvalue weighted by Gasteiger charge is -2.19. The lowest BCUT2D eigenvalue weighted by molar-refractivity contribution is 0.0436. The maximum atomic E-state index is 12.7. The summed E-state index contributed by atoms with van der Waals surface area (Å²) >= 11 is 0. The largest absolute Gasteiger partial charge is 0.459 e. The molecular formula is C23H25N3O6. The molecule has 0 saturated carbocycles. The van der Waals surface area contributed by atoms with E-state index in [9.17, 15) is 19.2 Å². The number of hydrogen-bond acceptors (Lipinski definition) is 7. The SMILES string of the molecule is CC[C@@H]1COC(=O)c2cccc(n2)C(=O)OC[C@H](CC)NC(=O)c2cccc(c2)C(=O)N1. The van der Waals surface area contributed by atoms with Crippen LogP contribution in [0.25, 0.3) is 0 Å². The number of fused-ring (bicyclic) bond motifs is 4. The van der Waals surface area contributed by atoms with E-state index in [1.807, 2.05) is 13.8 Å². The molecule has 168 valence electrons. The number of benzene rings is 1. The molecule has 2 heterocycles. The number of amides is 2. The Bertz CT molecular complexity index is 950. The first kappa shape index (κ1) is 22.9. The Labute approximate surface area is 185 Å². The Hall–Kier alpha value is -3.75. The van der Waals surface area contributed by atoms with Crippen molar-refractivity contribution in [2.75, 3.05) is 13.2 Å². The van der Waals surface area contributed by atoms with E-state index < -0.39 is 24.0 Å². The van der Waals surface area contributed by atoms with Crippen molar-refractivity contribution in [2.45, 2.75) is 38.8 Å². The zero-order valence-corrected chi connectivity index (χ0v) is 17.9. The third-order valence-electron chi connectivity index (χ3n) is 5.04. The summed E-state index contributed by atoms with van der Waals surface area (Å²) in [5.74, 6) is -2.20. The fraction of sp³-hybridized carbons (Fsp3) is 0.348. The van der Waals surface area contributed by atoms with Crippen LogP contribution in [-0.2, 0) is 9.47 Å². The van der Waals surface area contributed by atoms with Gasteiger partial charge in [0.05, 0.1) is 12.1 Å². The van der Waals surface area contributed by atoms with Crippen LogP contribution in [-0.4, -0.2) is 54.0 Å². The first-order valence-electron chi connectivity index (χ1n) is 10.4. The van der Waals surface area contributed by atoms with Crippen molar-refractivity contribution in [2.24, 2.45) is 0 Å². The lowest BCUT2D eigenvalue weighted by atomic mass is 10.1. The second kappa shape index (κ2) is 10.5. The molecule has 0 saturated heterocycles. The molecule has 2 atom stereocenters. The molecule has 0 unspecified atom stereocenters. The number of aromatic nitrogens is 1. The molecule has 9 heteroatoms. The first-order chi connectivity index (χ1) is 15.4. The number of rotatable bonds is 2. The fourth-order valence-corrected chi connectivity index (χ4v) is 3.02. The van der Waals surface area contributed by atoms with Crippen LogP contribution >= 0.6 is 0 Å². The van der Waals surface area contributed by atoms with Crippen molar-refractivity contribution >= 4 is 23.8 Å². The molecule has 0 fully saturated rings. The normalized spacial score (nSPS) is 20.2. The smallest absolute Gasteiger partial charge is 0.357 e. The number of cyclic esters (lactones) is 2. The van der Waals surface area contributed by atoms with Gasteiger partial charge >= 0.3 is 11.9 Å². The number of carbonyl (C=O) groups is 4. The van der Waals surface area contributed by atoms with E-state index in [4.69, 9.17) is 9.47 Å². The second-order valence-electron chi connectivity index (χ2n) is 7.34. The van der Waals surface area contributed by atoms with Crippen LogP contribution in [0.4, 0.5) is 0 Å². The van der Waals surface area contributed by atoms with Gasteiger partial charge in [-0.3, -0.25) is 9.59 Å². The van der Waals surface area contributed by atoms with Gasteiger partial charge in [-0.25, -0.2) is 14.6 Å². The van der Waals surface area contributed by atoms with E-state index in [2.05, 4.69) is 15.6 Å². The Morgan fingerprint density at radius 3 is 1.66 bits per heavy atom. The van der Waals surface area contributed by atoms with Crippen LogP contribution in [0, 0.1) is 0 Å². The maximum absolute atomic E-state index is 12.7. The Morgan fingerprint density at radius 1 is 0.781 bits per heavy atom. The molecular weight excluding hydrogens is 414 g/mol. The highest BCUT2D eigenvalue weighted by molar-refractivity contribution is 6.00. The molecule has 4 bridgehead atoms. The number of esters is 2. The predicted molar refractivity (Wildman–Crippen MR) is 114 cm³/mol. The first-order valence-corrected chi connectivity index (χ1v) is 10.4. The standard InChI is InChI=1S/C23H25N3O6/c1-3-16-12-31-22(29)18-9-6-10-19(26-18)23(30)32-13-17(4-2)25-21(28)15-8-5-7-14(11-15)20(27)24-16/h5-11,16-17H,3-4,12-13H2,1-2H3,(H,24,27)(H,25,28)/t16-,17+. The summed E-state index contributed by atoms with van der Waals surface area (Å²) in [5.41, 5.74) is 0.513. The van der Waals surface area contributed by atoms with Crippen LogP contribution < -0.4 is 10.6 Å². The van der Waals surface area contributed by atoms with Gasteiger partial charge in [0.2, 0.25) is 0 Å². The molecule has 32 heavy (non-hydrogen) atoms. The van der Waals surface area contributed by atoms with Gasteiger partial charge in [0.1, 0.15) is 24.6 Å². The van der Waals surface area contributed by atoms with E-state index in [0.29, 0.717) is 24.0 Å². The molecule has 2 amide bonds. The minimum Gasteiger partial charge on any atom is -0.459 e. The van der Waals surface area contributed by atoms with Crippen molar-refractivity contribution in [1.82, 2.24) is 15.6 Å². The van der Waals surface area contributed by atoms with E-state index >= 15 is 0 Å². The molecule has 1 aliphatic rings. The van der Waals surface area contributed by atoms with Crippen molar-refractivity contribution in [1.29, 1.82) is 0 Å². The molecule has 3 rings (SSSR count). The number of pyridine rings is 1. The van der Waals surface area contributed by atoms with E-state index in [0.717, 1.165) is 0 Å². The van der Waals surface area contributed by atoms with Crippen molar-refractivity contribution < 1.29 is 28.7 Å². The van der Waals surface area contributed by atoms with Crippen LogP contribution in [0.15, 0.2) is 42.5 Å². The van der Waals surface area contributed by atoms with Gasteiger partial charge in [0.15, 0.2) is 0 Å². The number of nitrogens with one attached hydrogen (secondary N) is 2. The number of hydrogen-bond donors (Lipinski definition) is 2. The predicted octanol–water partition coefficient (Wildman–Crippen LogP) is 2.13. The van der Waals surface area contributed by atoms with Gasteiger partial charge in [-0.05, 0) is 43.2 Å². The molecule has 2 aromatic rings. The van der Waals surface area contributed by atoms with Gasteiger partial charge in [-0.1, -0.05) is 26.0 Å². The molecule has 0 spiro atoms. The van der Waals surface area contributed by atoms with E-state index in [1.54, 1.807) is 18.2 Å². The molecule has 9 nitrogen and oxygen atoms in total. The minimum absolute atomic E-state index is 0.0465. The van der Waals surface area contributed by atoms with Gasteiger partial charge < -0.3 is 20.1 Å². The van der Waals surface area contributed by atoms with Crippen molar-refractivity contribution in [3.8, 4) is 0 Å². The highest BCUT2D eigenvalue weighted by atomic mass is 16.5. The summed E-state index contributed by atoms with van der Waals surface area (Å²) in [6.45, 7) is 3.54. The van der Waals surface area contributed by atoms with Crippen molar-refractivity contribution in [3.05, 3.63) is 65.0 Å². The van der Waals surface area contributed by atoms with Crippen LogP contribution in [0.1, 0.15) is 68.4 Å². The lowest BCUT2D eigenvalue weighted by Crippen LogP contribution is -2.39. The molecule has 0 radical (unpaired) electrons. The van der Waals surface area contributed by atoms with Gasteiger partial charge in [0.25, 0.3) is 11.8 Å². The average Bonchev–Trinajstić information content (AvgIpc) is 2.83. The summed E-state index contributed by atoms with van der Waals surface area (Å²) in [4.78, 5) is 54.2. The highest BCUT2D eigenvalue weighted by Crippen LogP contribution is 2.10. The maximum Gasteiger partial charge on any atom is 0.357 e. The number of carbonyl (C=O) groups excluding carboxylic acids is 4. The minimum atomic E-state index is -0.714. The fourth-order valence-electron chi connectivity index (χ4n) is 3.02. The molecule has 1 aromatic heterocycles. The molecule has 1 aromatic carbocycles. The summed E-state index contributed by atoms with van der Waals surface area (Å²) in [6, 6.07) is 9.76. The van der Waals surface area contributed by atoms with E-state index in [-0.39, 0.29) is 36.4 Å². The summed E-state index contributed by atoms with van der Waals surface area (Å²) in [6.07, 6.45) is 1.02. The zero-order chi connectivity index (χ0) is 23.1. The summed E-state index contributed by atoms with van der Waals surface area (Å²) in [7, 11) is 0. The Balaban J connectivity index is 1.90. The van der Waals surface area contributed by atoms with Gasteiger partial charge in [0, 0.05) is 11.1 Å². The highest BCUT2D eigenvalue weighted by Gasteiger charge is 2.21. The third kappa shape index (κ3) is 5.69. The summed E-state index contributed by atoms with van der Waals surface area (Å²) in [5, 5.41) is 5.61. The molecule has 1 aliphatic heterocycles. The van der Waals surface area contributed by atoms with Crippen LogP contribution in [0.3, 0.4) is 0 Å². The molecule has 0 aliphatic carbocycles. The van der Waals surface area contributed by atoms with E-state index in [1.165, 1.54) is 24.3 Å².